The summed E-state index contributed by atoms with van der Waals surface area (Å²) in [5, 5.41) is 10.8. The number of ether oxygens (including phenoxy) is 1. The van der Waals surface area contributed by atoms with Crippen LogP contribution in [0.4, 0.5) is 4.79 Å². The molecular formula is C13H13N3O3. The highest BCUT2D eigenvalue weighted by Gasteiger charge is 2.03. The van der Waals surface area contributed by atoms with E-state index < -0.39 is 6.09 Å². The number of methoxy groups -OCH3 is 1. The van der Waals surface area contributed by atoms with Crippen molar-refractivity contribution in [3.8, 4) is 17.3 Å². The van der Waals surface area contributed by atoms with Crippen molar-refractivity contribution in [1.82, 2.24) is 15.3 Å². The van der Waals surface area contributed by atoms with E-state index in [-0.39, 0.29) is 6.54 Å². The second-order valence-corrected chi connectivity index (χ2v) is 3.78. The minimum atomic E-state index is -1.06. The maximum absolute atomic E-state index is 10.4. The van der Waals surface area contributed by atoms with Gasteiger partial charge in [0.1, 0.15) is 0 Å². The molecule has 19 heavy (non-hydrogen) atoms. The maximum atomic E-state index is 10.4. The Morgan fingerprint density at radius 1 is 1.32 bits per heavy atom. The fraction of sp³-hybridized carbons (Fsp3) is 0.154. The van der Waals surface area contributed by atoms with Gasteiger partial charge in [-0.2, -0.15) is 0 Å². The van der Waals surface area contributed by atoms with E-state index >= 15 is 0 Å². The number of pyridine rings is 2. The van der Waals surface area contributed by atoms with Crippen molar-refractivity contribution < 1.29 is 14.6 Å². The Morgan fingerprint density at radius 3 is 2.79 bits per heavy atom. The summed E-state index contributed by atoms with van der Waals surface area (Å²) < 4.78 is 5.05. The molecule has 0 bridgehead atoms. The lowest BCUT2D eigenvalue weighted by atomic mass is 10.2. The Labute approximate surface area is 110 Å². The van der Waals surface area contributed by atoms with Crippen molar-refractivity contribution >= 4 is 6.09 Å². The molecule has 2 aromatic heterocycles. The first-order valence-electron chi connectivity index (χ1n) is 5.62. The molecule has 0 atom stereocenters. The first-order valence-corrected chi connectivity index (χ1v) is 5.62. The fourth-order valence-corrected chi connectivity index (χ4v) is 1.53. The number of carbonyl (C=O) groups is 1. The zero-order valence-corrected chi connectivity index (χ0v) is 10.3. The lowest BCUT2D eigenvalue weighted by molar-refractivity contribution is 0.194. The van der Waals surface area contributed by atoms with Crippen LogP contribution >= 0.6 is 0 Å². The van der Waals surface area contributed by atoms with E-state index in [0.29, 0.717) is 17.3 Å². The largest absolute Gasteiger partial charge is 0.481 e. The summed E-state index contributed by atoms with van der Waals surface area (Å²) in [5.74, 6) is 0.524. The summed E-state index contributed by atoms with van der Waals surface area (Å²) in [6.45, 7) is 0.230. The van der Waals surface area contributed by atoms with Gasteiger partial charge in [-0.25, -0.2) is 9.78 Å². The Kier molecular flexibility index (Phi) is 3.92. The van der Waals surface area contributed by atoms with Crippen LogP contribution in [-0.2, 0) is 6.54 Å². The van der Waals surface area contributed by atoms with Gasteiger partial charge in [-0.05, 0) is 17.7 Å². The highest BCUT2D eigenvalue weighted by atomic mass is 16.5. The smallest absolute Gasteiger partial charge is 0.404 e. The molecule has 0 radical (unpaired) electrons. The first kappa shape index (κ1) is 12.8. The lowest BCUT2D eigenvalue weighted by Gasteiger charge is -2.04. The van der Waals surface area contributed by atoms with E-state index in [1.165, 1.54) is 0 Å². The predicted molar refractivity (Wildman–Crippen MR) is 68.9 cm³/mol. The van der Waals surface area contributed by atoms with Crippen molar-refractivity contribution in [2.24, 2.45) is 0 Å². The van der Waals surface area contributed by atoms with Crippen LogP contribution in [-0.4, -0.2) is 28.3 Å². The molecule has 2 N–H and O–H groups in total. The van der Waals surface area contributed by atoms with Gasteiger partial charge in [-0.1, -0.05) is 12.1 Å². The normalized spacial score (nSPS) is 9.95. The number of hydrogen-bond acceptors (Lipinski definition) is 4. The highest BCUT2D eigenvalue weighted by Crippen LogP contribution is 2.17. The summed E-state index contributed by atoms with van der Waals surface area (Å²) in [6, 6.07) is 9.03. The molecule has 0 saturated carbocycles. The van der Waals surface area contributed by atoms with Crippen LogP contribution in [0.15, 0.2) is 36.5 Å². The van der Waals surface area contributed by atoms with Crippen LogP contribution < -0.4 is 10.1 Å². The number of amides is 1. The number of carboxylic acid groups (broad SMARTS) is 1. The minimum absolute atomic E-state index is 0.230. The quantitative estimate of drug-likeness (QED) is 0.876. The molecule has 0 spiro atoms. The van der Waals surface area contributed by atoms with Gasteiger partial charge in [0.15, 0.2) is 0 Å². The second kappa shape index (κ2) is 5.81. The average Bonchev–Trinajstić information content (AvgIpc) is 2.45. The van der Waals surface area contributed by atoms with Gasteiger partial charge in [0.2, 0.25) is 5.88 Å². The van der Waals surface area contributed by atoms with Crippen LogP contribution in [0.5, 0.6) is 5.88 Å². The van der Waals surface area contributed by atoms with Crippen molar-refractivity contribution in [3.05, 3.63) is 42.1 Å². The van der Waals surface area contributed by atoms with Crippen LogP contribution in [0.25, 0.3) is 11.4 Å². The first-order chi connectivity index (χ1) is 9.19. The fourth-order valence-electron chi connectivity index (χ4n) is 1.53. The monoisotopic (exact) mass is 259 g/mol. The van der Waals surface area contributed by atoms with Crippen LogP contribution in [0.1, 0.15) is 5.56 Å². The molecule has 0 aliphatic heterocycles. The van der Waals surface area contributed by atoms with E-state index in [4.69, 9.17) is 9.84 Å². The standard InChI is InChI=1S/C13H13N3O3/c1-19-12-4-2-3-11(16-12)10-6-5-9(7-14-10)8-15-13(17)18/h2-7,15H,8H2,1H3,(H,17,18). The Bertz CT molecular complexity index is 570. The number of nitrogens with zero attached hydrogens (tertiary/aromatic N) is 2. The molecule has 2 aromatic rings. The third-order valence-corrected chi connectivity index (χ3v) is 2.46. The van der Waals surface area contributed by atoms with Crippen LogP contribution in [0.3, 0.4) is 0 Å². The van der Waals surface area contributed by atoms with Gasteiger partial charge in [0, 0.05) is 18.8 Å². The number of hydrogen-bond donors (Lipinski definition) is 2. The summed E-state index contributed by atoms with van der Waals surface area (Å²) in [5.41, 5.74) is 2.20. The van der Waals surface area contributed by atoms with E-state index in [1.807, 2.05) is 12.1 Å². The molecule has 6 nitrogen and oxygen atoms in total. The van der Waals surface area contributed by atoms with Crippen molar-refractivity contribution in [2.75, 3.05) is 7.11 Å². The average molecular weight is 259 g/mol. The summed E-state index contributed by atoms with van der Waals surface area (Å²) in [7, 11) is 1.56. The van der Waals surface area contributed by atoms with E-state index in [9.17, 15) is 4.79 Å². The molecular weight excluding hydrogens is 246 g/mol. The predicted octanol–water partition coefficient (Wildman–Crippen LogP) is 1.92. The third kappa shape index (κ3) is 3.41. The van der Waals surface area contributed by atoms with Crippen LogP contribution in [0.2, 0.25) is 0 Å². The summed E-state index contributed by atoms with van der Waals surface area (Å²) in [6.07, 6.45) is 0.561. The van der Waals surface area contributed by atoms with Crippen molar-refractivity contribution in [1.29, 1.82) is 0 Å². The molecule has 0 saturated heterocycles. The van der Waals surface area contributed by atoms with Gasteiger partial charge in [0.25, 0.3) is 0 Å². The Morgan fingerprint density at radius 2 is 2.16 bits per heavy atom. The van der Waals surface area contributed by atoms with Gasteiger partial charge in [-0.3, -0.25) is 4.98 Å². The van der Waals surface area contributed by atoms with Crippen molar-refractivity contribution in [2.45, 2.75) is 6.54 Å². The lowest BCUT2D eigenvalue weighted by Crippen LogP contribution is -2.19. The molecule has 6 heteroatoms. The second-order valence-electron chi connectivity index (χ2n) is 3.78. The van der Waals surface area contributed by atoms with E-state index in [2.05, 4.69) is 15.3 Å². The molecule has 0 aromatic carbocycles. The number of rotatable bonds is 4. The minimum Gasteiger partial charge on any atom is -0.481 e. The van der Waals surface area contributed by atoms with E-state index in [1.54, 1.807) is 31.5 Å². The maximum Gasteiger partial charge on any atom is 0.404 e. The van der Waals surface area contributed by atoms with Gasteiger partial charge >= 0.3 is 6.09 Å². The SMILES string of the molecule is COc1cccc(-c2ccc(CNC(=O)O)cn2)n1. The molecule has 2 rings (SSSR count). The van der Waals surface area contributed by atoms with E-state index in [0.717, 1.165) is 5.56 Å². The van der Waals surface area contributed by atoms with Gasteiger partial charge in [-0.15, -0.1) is 0 Å². The number of aromatic nitrogens is 2. The van der Waals surface area contributed by atoms with Gasteiger partial charge < -0.3 is 15.2 Å². The molecule has 0 aliphatic rings. The molecule has 0 unspecified atom stereocenters. The number of nitrogens with one attached hydrogen (secondary N) is 1. The Hall–Kier alpha value is -2.63. The highest BCUT2D eigenvalue weighted by molar-refractivity contribution is 5.64. The summed E-state index contributed by atoms with van der Waals surface area (Å²) in [4.78, 5) is 18.9. The summed E-state index contributed by atoms with van der Waals surface area (Å²) >= 11 is 0. The molecule has 98 valence electrons. The molecule has 0 aliphatic carbocycles. The molecule has 2 heterocycles. The zero-order chi connectivity index (χ0) is 13.7. The van der Waals surface area contributed by atoms with Crippen molar-refractivity contribution in [3.63, 3.8) is 0 Å². The molecule has 0 fully saturated rings. The van der Waals surface area contributed by atoms with Crippen LogP contribution in [0, 0.1) is 0 Å². The zero-order valence-electron chi connectivity index (χ0n) is 10.3. The third-order valence-electron chi connectivity index (χ3n) is 2.46. The topological polar surface area (TPSA) is 84.3 Å². The molecule has 1 amide bonds. The van der Waals surface area contributed by atoms with Gasteiger partial charge in [0.05, 0.1) is 18.5 Å². The Balaban J connectivity index is 2.15.